The van der Waals surface area contributed by atoms with Gasteiger partial charge in [-0.25, -0.2) is 0 Å². The Hall–Kier alpha value is -3.56. The van der Waals surface area contributed by atoms with Crippen LogP contribution in [0.15, 0.2) is 72.8 Å². The third kappa shape index (κ3) is 8.35. The normalized spacial score (nSPS) is 26.7. The van der Waals surface area contributed by atoms with Crippen LogP contribution >= 0.6 is 0 Å². The molecule has 256 valence electrons. The van der Waals surface area contributed by atoms with Crippen molar-refractivity contribution in [3.05, 3.63) is 95.1 Å². The van der Waals surface area contributed by atoms with Crippen molar-refractivity contribution in [1.82, 2.24) is 10.2 Å². The van der Waals surface area contributed by atoms with Gasteiger partial charge in [-0.05, 0) is 64.3 Å². The molecular formula is C40H50N2O6. The number of likely N-dealkylation sites (tertiary alicyclic amines) is 1. The van der Waals surface area contributed by atoms with Crippen molar-refractivity contribution >= 4 is 11.9 Å². The first-order valence-corrected chi connectivity index (χ1v) is 17.4. The van der Waals surface area contributed by atoms with E-state index in [-0.39, 0.29) is 37.6 Å². The molecule has 48 heavy (non-hydrogen) atoms. The molecule has 1 saturated carbocycles. The Bertz CT molecular complexity index is 1570. The molecule has 2 bridgehead atoms. The molecule has 3 aromatic carbocycles. The standard InChI is InChI=1S/C40H50N2O6/c1-39(2)20-32-21-40(3,25-39)26-42(32)23-33-19-35(29-13-11-27(24-43)12-14-29)48-38(47-33)30-17-15-28(16-18-30)34-8-5-4-7-31(34)22-41-36(44)9-6-10-37(45)46/h4-5,7-8,11-18,32-33,35,38,43H,6,9-10,19-26H2,1-3H3,(H,41,44)(H,45,46)/t32?,33-,35+,38+,40?/m0/s1. The lowest BCUT2D eigenvalue weighted by molar-refractivity contribution is -0.253. The van der Waals surface area contributed by atoms with Gasteiger partial charge in [0.05, 0.1) is 18.8 Å². The Morgan fingerprint density at radius 2 is 1.65 bits per heavy atom. The number of carbonyl (C=O) groups excluding carboxylic acids is 1. The quantitative estimate of drug-likeness (QED) is 0.190. The van der Waals surface area contributed by atoms with E-state index in [0.717, 1.165) is 52.9 Å². The summed E-state index contributed by atoms with van der Waals surface area (Å²) in [7, 11) is 0. The van der Waals surface area contributed by atoms with Gasteiger partial charge in [0.25, 0.3) is 0 Å². The summed E-state index contributed by atoms with van der Waals surface area (Å²) in [6, 6.07) is 24.9. The second-order valence-corrected chi connectivity index (χ2v) is 15.3. The lowest BCUT2D eigenvalue weighted by Gasteiger charge is -2.41. The van der Waals surface area contributed by atoms with Gasteiger partial charge in [0.2, 0.25) is 5.91 Å². The first-order valence-electron chi connectivity index (χ1n) is 17.4. The molecule has 1 amide bonds. The summed E-state index contributed by atoms with van der Waals surface area (Å²) in [5.41, 5.74) is 6.68. The predicted octanol–water partition coefficient (Wildman–Crippen LogP) is 7.16. The highest BCUT2D eigenvalue weighted by atomic mass is 16.7. The molecule has 3 aliphatic rings. The third-order valence-electron chi connectivity index (χ3n) is 10.4. The van der Waals surface area contributed by atoms with Crippen molar-refractivity contribution in [2.45, 2.75) is 103 Å². The number of carboxylic acid groups (broad SMARTS) is 1. The van der Waals surface area contributed by atoms with Gasteiger partial charge in [-0.1, -0.05) is 93.6 Å². The lowest BCUT2D eigenvalue weighted by atomic mass is 9.65. The molecule has 2 unspecified atom stereocenters. The molecule has 2 heterocycles. The minimum absolute atomic E-state index is 0.0110. The number of nitrogens with zero attached hydrogens (tertiary/aromatic N) is 1. The van der Waals surface area contributed by atoms with Crippen molar-refractivity contribution < 1.29 is 29.3 Å². The van der Waals surface area contributed by atoms with Crippen molar-refractivity contribution in [2.75, 3.05) is 13.1 Å². The Balaban J connectivity index is 1.18. The zero-order valence-electron chi connectivity index (χ0n) is 28.5. The summed E-state index contributed by atoms with van der Waals surface area (Å²) in [5, 5.41) is 21.4. The van der Waals surface area contributed by atoms with Crippen LogP contribution in [0.2, 0.25) is 0 Å². The van der Waals surface area contributed by atoms with Gasteiger partial charge in [-0.3, -0.25) is 14.5 Å². The Morgan fingerprint density at radius 1 is 0.917 bits per heavy atom. The van der Waals surface area contributed by atoms with Crippen LogP contribution in [0, 0.1) is 10.8 Å². The summed E-state index contributed by atoms with van der Waals surface area (Å²) >= 11 is 0. The number of amides is 1. The van der Waals surface area contributed by atoms with E-state index in [9.17, 15) is 14.7 Å². The fourth-order valence-corrected chi connectivity index (χ4v) is 8.54. The lowest BCUT2D eigenvalue weighted by Crippen LogP contribution is -2.42. The van der Waals surface area contributed by atoms with E-state index < -0.39 is 12.3 Å². The number of nitrogens with one attached hydrogen (secondary N) is 1. The topological polar surface area (TPSA) is 108 Å². The molecule has 2 aliphatic heterocycles. The van der Waals surface area contributed by atoms with Crippen LogP contribution < -0.4 is 5.32 Å². The molecule has 1 aliphatic carbocycles. The average Bonchev–Trinajstić information content (AvgIpc) is 3.30. The van der Waals surface area contributed by atoms with Crippen molar-refractivity contribution in [3.8, 4) is 11.1 Å². The van der Waals surface area contributed by atoms with Gasteiger partial charge in [0.1, 0.15) is 0 Å². The van der Waals surface area contributed by atoms with Crippen molar-refractivity contribution in [2.24, 2.45) is 10.8 Å². The summed E-state index contributed by atoms with van der Waals surface area (Å²) in [5.74, 6) is -1.05. The molecule has 0 spiro atoms. The smallest absolute Gasteiger partial charge is 0.303 e. The number of aliphatic hydroxyl groups is 1. The van der Waals surface area contributed by atoms with Gasteiger partial charge >= 0.3 is 5.97 Å². The van der Waals surface area contributed by atoms with Crippen LogP contribution in [-0.4, -0.2) is 52.2 Å². The summed E-state index contributed by atoms with van der Waals surface area (Å²) in [6.07, 6.45) is 4.37. The van der Waals surface area contributed by atoms with E-state index in [1.807, 2.05) is 36.4 Å². The molecule has 5 atom stereocenters. The van der Waals surface area contributed by atoms with E-state index in [0.29, 0.717) is 29.8 Å². The molecular weight excluding hydrogens is 604 g/mol. The summed E-state index contributed by atoms with van der Waals surface area (Å²) < 4.78 is 13.4. The monoisotopic (exact) mass is 654 g/mol. The number of ether oxygens (including phenoxy) is 2. The summed E-state index contributed by atoms with van der Waals surface area (Å²) in [4.78, 5) is 25.8. The highest BCUT2D eigenvalue weighted by Crippen LogP contribution is 2.53. The second-order valence-electron chi connectivity index (χ2n) is 15.3. The number of benzene rings is 3. The minimum atomic E-state index is -0.893. The predicted molar refractivity (Wildman–Crippen MR) is 185 cm³/mol. The van der Waals surface area contributed by atoms with Gasteiger partial charge in [-0.2, -0.15) is 0 Å². The number of rotatable bonds is 12. The fourth-order valence-electron chi connectivity index (χ4n) is 8.54. The van der Waals surface area contributed by atoms with Crippen LogP contribution in [0.5, 0.6) is 0 Å². The molecule has 8 heteroatoms. The number of hydrogen-bond donors (Lipinski definition) is 3. The molecule has 3 fully saturated rings. The van der Waals surface area contributed by atoms with E-state index in [1.54, 1.807) is 0 Å². The maximum Gasteiger partial charge on any atom is 0.303 e. The van der Waals surface area contributed by atoms with Crippen LogP contribution in [0.25, 0.3) is 11.1 Å². The van der Waals surface area contributed by atoms with Crippen LogP contribution in [0.4, 0.5) is 0 Å². The van der Waals surface area contributed by atoms with Gasteiger partial charge in [0.15, 0.2) is 6.29 Å². The van der Waals surface area contributed by atoms with E-state index in [4.69, 9.17) is 14.6 Å². The molecule has 3 N–H and O–H groups in total. The maximum absolute atomic E-state index is 12.3. The minimum Gasteiger partial charge on any atom is -0.481 e. The van der Waals surface area contributed by atoms with Gasteiger partial charge in [-0.15, -0.1) is 0 Å². The number of carbonyl (C=O) groups is 2. The van der Waals surface area contributed by atoms with Gasteiger partial charge < -0.3 is 25.0 Å². The first-order chi connectivity index (χ1) is 23.0. The van der Waals surface area contributed by atoms with Crippen LogP contribution in [0.3, 0.4) is 0 Å². The number of hydrogen-bond acceptors (Lipinski definition) is 6. The molecule has 2 saturated heterocycles. The number of carboxylic acids is 1. The molecule has 3 aromatic rings. The van der Waals surface area contributed by atoms with Gasteiger partial charge in [0, 0.05) is 50.5 Å². The van der Waals surface area contributed by atoms with E-state index in [2.05, 4.69) is 67.4 Å². The van der Waals surface area contributed by atoms with Crippen molar-refractivity contribution in [3.63, 3.8) is 0 Å². The average molecular weight is 655 g/mol. The molecule has 0 aromatic heterocycles. The number of aliphatic hydroxyl groups excluding tert-OH is 1. The molecule has 0 radical (unpaired) electrons. The Kier molecular flexibility index (Phi) is 10.4. The van der Waals surface area contributed by atoms with Crippen LogP contribution in [0.1, 0.15) is 100 Å². The number of aliphatic carboxylic acids is 1. The highest BCUT2D eigenvalue weighted by Gasteiger charge is 2.50. The number of fused-ring (bicyclic) bond motifs is 2. The zero-order chi connectivity index (χ0) is 33.9. The summed E-state index contributed by atoms with van der Waals surface area (Å²) in [6.45, 7) is 9.66. The maximum atomic E-state index is 12.3. The molecule has 8 nitrogen and oxygen atoms in total. The van der Waals surface area contributed by atoms with Crippen molar-refractivity contribution in [1.29, 1.82) is 0 Å². The Labute approximate surface area is 284 Å². The Morgan fingerprint density at radius 3 is 2.38 bits per heavy atom. The van der Waals surface area contributed by atoms with E-state index >= 15 is 0 Å². The SMILES string of the molecule is CC1(C)CC2CC(C)(CN2C[C@@H]2C[C@H](c3ccc(CO)cc3)O[C@H](c3ccc(-c4ccccc4CNC(=O)CCCC(=O)O)cc3)O2)C1. The van der Waals surface area contributed by atoms with Crippen LogP contribution in [-0.2, 0) is 32.2 Å². The zero-order valence-corrected chi connectivity index (χ0v) is 28.5. The molecule has 6 rings (SSSR count). The first kappa shape index (κ1) is 34.3. The van der Waals surface area contributed by atoms with E-state index in [1.165, 1.54) is 19.3 Å². The fraction of sp³-hybridized carbons (Fsp3) is 0.500. The third-order valence-corrected chi connectivity index (χ3v) is 10.4. The second kappa shape index (κ2) is 14.5. The highest BCUT2D eigenvalue weighted by molar-refractivity contribution is 5.77. The largest absolute Gasteiger partial charge is 0.481 e.